The minimum atomic E-state index is -4.48. The van der Waals surface area contributed by atoms with E-state index in [-0.39, 0.29) is 22.5 Å². The van der Waals surface area contributed by atoms with Crippen LogP contribution in [0.15, 0.2) is 60.7 Å². The van der Waals surface area contributed by atoms with Gasteiger partial charge in [0.2, 0.25) is 0 Å². The third-order valence-electron chi connectivity index (χ3n) is 3.64. The highest BCUT2D eigenvalue weighted by atomic mass is 19.4. The second kappa shape index (κ2) is 6.44. The van der Waals surface area contributed by atoms with Crippen molar-refractivity contribution in [3.05, 3.63) is 71.8 Å². The largest absolute Gasteiger partial charge is 0.416 e. The number of nitrogens with zero attached hydrogens (tertiary/aromatic N) is 2. The molecule has 0 saturated heterocycles. The van der Waals surface area contributed by atoms with Gasteiger partial charge in [-0.05, 0) is 36.4 Å². The van der Waals surface area contributed by atoms with Crippen LogP contribution in [0.5, 0.6) is 0 Å². The maximum absolute atomic E-state index is 12.8. The molecule has 3 aromatic rings. The Bertz CT molecular complexity index is 837. The van der Waals surface area contributed by atoms with E-state index in [1.165, 1.54) is 36.4 Å². The number of rotatable bonds is 2. The molecule has 0 aliphatic heterocycles. The van der Waals surface area contributed by atoms with Crippen molar-refractivity contribution < 1.29 is 26.3 Å². The fraction of sp³-hybridized carbons (Fsp3) is 0.111. The zero-order valence-corrected chi connectivity index (χ0v) is 12.9. The summed E-state index contributed by atoms with van der Waals surface area (Å²) in [6.07, 6.45) is -8.97. The van der Waals surface area contributed by atoms with Gasteiger partial charge in [0.25, 0.3) is 0 Å². The molecule has 1 aromatic heterocycles. The Labute approximate surface area is 144 Å². The fourth-order valence-corrected chi connectivity index (χ4v) is 2.35. The van der Waals surface area contributed by atoms with Crippen molar-refractivity contribution in [3.8, 4) is 22.5 Å². The molecule has 3 rings (SSSR count). The summed E-state index contributed by atoms with van der Waals surface area (Å²) in [5.74, 6) is 0. The molecule has 0 spiro atoms. The van der Waals surface area contributed by atoms with E-state index < -0.39 is 23.5 Å². The Kier molecular flexibility index (Phi) is 4.43. The van der Waals surface area contributed by atoms with E-state index >= 15 is 0 Å². The van der Waals surface area contributed by atoms with Gasteiger partial charge < -0.3 is 0 Å². The Morgan fingerprint density at radius 3 is 1.23 bits per heavy atom. The van der Waals surface area contributed by atoms with Crippen LogP contribution in [0.4, 0.5) is 26.3 Å². The molecule has 26 heavy (non-hydrogen) atoms. The van der Waals surface area contributed by atoms with Crippen molar-refractivity contribution in [1.29, 1.82) is 0 Å². The third-order valence-corrected chi connectivity index (χ3v) is 3.64. The smallest absolute Gasteiger partial charge is 0.166 e. The van der Waals surface area contributed by atoms with Gasteiger partial charge in [0, 0.05) is 11.1 Å². The first kappa shape index (κ1) is 17.9. The number of hydrogen-bond donors (Lipinski definition) is 0. The van der Waals surface area contributed by atoms with E-state index in [1.807, 2.05) is 0 Å². The molecule has 0 bridgehead atoms. The number of alkyl halides is 6. The second-order valence-corrected chi connectivity index (χ2v) is 5.46. The lowest BCUT2D eigenvalue weighted by Gasteiger charge is -2.09. The third kappa shape index (κ3) is 3.84. The van der Waals surface area contributed by atoms with Gasteiger partial charge >= 0.3 is 12.4 Å². The zero-order chi connectivity index (χ0) is 18.9. The van der Waals surface area contributed by atoms with Crippen LogP contribution in [-0.2, 0) is 12.4 Å². The minimum Gasteiger partial charge on any atom is -0.166 e. The van der Waals surface area contributed by atoms with E-state index in [9.17, 15) is 26.3 Å². The second-order valence-electron chi connectivity index (χ2n) is 5.46. The summed E-state index contributed by atoms with van der Waals surface area (Å²) in [6, 6.07) is 12.0. The molecule has 134 valence electrons. The number of aromatic nitrogens is 2. The van der Waals surface area contributed by atoms with Gasteiger partial charge in [-0.25, -0.2) is 0 Å². The quantitative estimate of drug-likeness (QED) is 0.531. The van der Waals surface area contributed by atoms with Crippen molar-refractivity contribution in [2.45, 2.75) is 12.4 Å². The van der Waals surface area contributed by atoms with E-state index in [0.717, 1.165) is 24.3 Å². The van der Waals surface area contributed by atoms with Crippen LogP contribution in [-0.4, -0.2) is 10.2 Å². The molecule has 1 heterocycles. The van der Waals surface area contributed by atoms with Gasteiger partial charge in [0.1, 0.15) is 0 Å². The molecule has 0 radical (unpaired) electrons. The normalized spacial score (nSPS) is 12.2. The summed E-state index contributed by atoms with van der Waals surface area (Å²) in [5.41, 5.74) is -0.845. The first-order valence-corrected chi connectivity index (χ1v) is 7.33. The van der Waals surface area contributed by atoms with E-state index in [0.29, 0.717) is 0 Å². The number of hydrogen-bond acceptors (Lipinski definition) is 2. The fourth-order valence-electron chi connectivity index (χ4n) is 2.35. The van der Waals surface area contributed by atoms with E-state index in [2.05, 4.69) is 10.2 Å². The molecule has 2 nitrogen and oxygen atoms in total. The summed E-state index contributed by atoms with van der Waals surface area (Å²) in [6.45, 7) is 0. The predicted molar refractivity (Wildman–Crippen MR) is 82.9 cm³/mol. The Balaban J connectivity index is 1.93. The van der Waals surface area contributed by atoms with Crippen LogP contribution >= 0.6 is 0 Å². The molecular formula is C18H10F6N2. The summed E-state index contributed by atoms with van der Waals surface area (Å²) in [5, 5.41) is 7.68. The molecule has 0 atom stereocenters. The summed E-state index contributed by atoms with van der Waals surface area (Å²) in [4.78, 5) is 0. The SMILES string of the molecule is FC(F)(F)c1cccc(-c2ccc(-c3cccc(C(F)(F)F)c3)nn2)c1. The van der Waals surface area contributed by atoms with Crippen molar-refractivity contribution in [2.24, 2.45) is 0 Å². The minimum absolute atomic E-state index is 0.187. The standard InChI is InChI=1S/C18H10F6N2/c19-17(20,21)13-5-1-3-11(9-13)15-7-8-16(26-25-15)12-4-2-6-14(10-12)18(22,23)24/h1-10H. The van der Waals surface area contributed by atoms with Crippen molar-refractivity contribution in [3.63, 3.8) is 0 Å². The maximum atomic E-state index is 12.8. The van der Waals surface area contributed by atoms with Gasteiger partial charge in [0.05, 0.1) is 22.5 Å². The van der Waals surface area contributed by atoms with Crippen molar-refractivity contribution in [1.82, 2.24) is 10.2 Å². The van der Waals surface area contributed by atoms with Gasteiger partial charge in [-0.1, -0.05) is 24.3 Å². The zero-order valence-electron chi connectivity index (χ0n) is 12.9. The lowest BCUT2D eigenvalue weighted by Crippen LogP contribution is -2.05. The highest BCUT2D eigenvalue weighted by Gasteiger charge is 2.31. The monoisotopic (exact) mass is 368 g/mol. The average molecular weight is 368 g/mol. The molecule has 8 heteroatoms. The molecule has 0 fully saturated rings. The van der Waals surface area contributed by atoms with Crippen LogP contribution in [0, 0.1) is 0 Å². The highest BCUT2D eigenvalue weighted by molar-refractivity contribution is 5.64. The first-order valence-electron chi connectivity index (χ1n) is 7.33. The molecule has 2 aromatic carbocycles. The Morgan fingerprint density at radius 1 is 0.538 bits per heavy atom. The molecular weight excluding hydrogens is 358 g/mol. The van der Waals surface area contributed by atoms with Gasteiger partial charge in [0.15, 0.2) is 0 Å². The highest BCUT2D eigenvalue weighted by Crippen LogP contribution is 2.33. The summed E-state index contributed by atoms with van der Waals surface area (Å²) >= 11 is 0. The Morgan fingerprint density at radius 2 is 0.923 bits per heavy atom. The van der Waals surface area contributed by atoms with Gasteiger partial charge in [-0.2, -0.15) is 26.3 Å². The Hall–Kier alpha value is -2.90. The first-order chi connectivity index (χ1) is 12.1. The molecule has 0 N–H and O–H groups in total. The van der Waals surface area contributed by atoms with E-state index in [4.69, 9.17) is 0 Å². The summed E-state index contributed by atoms with van der Waals surface area (Å²) in [7, 11) is 0. The lowest BCUT2D eigenvalue weighted by atomic mass is 10.1. The molecule has 0 aliphatic carbocycles. The maximum Gasteiger partial charge on any atom is 0.416 e. The molecule has 0 aliphatic rings. The lowest BCUT2D eigenvalue weighted by molar-refractivity contribution is -0.138. The van der Waals surface area contributed by atoms with Crippen LogP contribution < -0.4 is 0 Å². The van der Waals surface area contributed by atoms with Gasteiger partial charge in [-0.15, -0.1) is 10.2 Å². The van der Waals surface area contributed by atoms with Crippen LogP contribution in [0.25, 0.3) is 22.5 Å². The molecule has 0 saturated carbocycles. The van der Waals surface area contributed by atoms with Crippen molar-refractivity contribution in [2.75, 3.05) is 0 Å². The van der Waals surface area contributed by atoms with Gasteiger partial charge in [-0.3, -0.25) is 0 Å². The number of benzene rings is 2. The van der Waals surface area contributed by atoms with Crippen LogP contribution in [0.2, 0.25) is 0 Å². The predicted octanol–water partition coefficient (Wildman–Crippen LogP) is 5.85. The topological polar surface area (TPSA) is 25.8 Å². The van der Waals surface area contributed by atoms with Crippen LogP contribution in [0.1, 0.15) is 11.1 Å². The average Bonchev–Trinajstić information content (AvgIpc) is 2.61. The van der Waals surface area contributed by atoms with Crippen LogP contribution in [0.3, 0.4) is 0 Å². The van der Waals surface area contributed by atoms with Crippen molar-refractivity contribution >= 4 is 0 Å². The van der Waals surface area contributed by atoms with E-state index in [1.54, 1.807) is 0 Å². The molecule has 0 amide bonds. The summed E-state index contributed by atoms with van der Waals surface area (Å²) < 4.78 is 76.7. The molecule has 0 unspecified atom stereocenters. The number of halogens is 6.